The van der Waals surface area contributed by atoms with Gasteiger partial charge >= 0.3 is 0 Å². The smallest absolute Gasteiger partial charge is 0.271 e. The Balaban J connectivity index is 1.97. The Morgan fingerprint density at radius 2 is 1.88 bits per heavy atom. The van der Waals surface area contributed by atoms with Crippen molar-refractivity contribution >= 4 is 17.3 Å². The maximum atomic E-state index is 12.8. The van der Waals surface area contributed by atoms with E-state index in [0.717, 1.165) is 5.56 Å². The van der Waals surface area contributed by atoms with E-state index in [9.17, 15) is 14.9 Å². The summed E-state index contributed by atoms with van der Waals surface area (Å²) in [5.74, 6) is 0.760. The number of hydrogen-bond acceptors (Lipinski definition) is 4. The molecule has 0 N–H and O–H groups in total. The second-order valence-electron chi connectivity index (χ2n) is 6.74. The molecule has 0 saturated carbocycles. The molecule has 0 radical (unpaired) electrons. The van der Waals surface area contributed by atoms with Crippen LogP contribution in [-0.4, -0.2) is 16.9 Å². The first kappa shape index (κ1) is 17.9. The lowest BCUT2D eigenvalue weighted by molar-refractivity contribution is -0.384. The highest BCUT2D eigenvalue weighted by molar-refractivity contribution is 6.00. The van der Waals surface area contributed by atoms with Crippen LogP contribution >= 0.6 is 0 Å². The molecular formula is C20H22N2O4. The molecule has 1 aliphatic heterocycles. The summed E-state index contributed by atoms with van der Waals surface area (Å²) in [6.45, 7) is 6.49. The van der Waals surface area contributed by atoms with Gasteiger partial charge in [-0.3, -0.25) is 14.9 Å². The fourth-order valence-electron chi connectivity index (χ4n) is 3.04. The Labute approximate surface area is 152 Å². The van der Waals surface area contributed by atoms with Crippen molar-refractivity contribution in [3.63, 3.8) is 0 Å². The summed E-state index contributed by atoms with van der Waals surface area (Å²) in [6, 6.07) is 12.5. The number of carbonyl (C=O) groups is 1. The van der Waals surface area contributed by atoms with Gasteiger partial charge in [-0.25, -0.2) is 0 Å². The topological polar surface area (TPSA) is 72.7 Å². The number of anilines is 1. The molecule has 0 aliphatic carbocycles. The van der Waals surface area contributed by atoms with Gasteiger partial charge in [0, 0.05) is 12.1 Å². The van der Waals surface area contributed by atoms with Crippen molar-refractivity contribution in [1.29, 1.82) is 0 Å². The van der Waals surface area contributed by atoms with Gasteiger partial charge in [-0.2, -0.15) is 0 Å². The van der Waals surface area contributed by atoms with Crippen molar-refractivity contribution in [3.05, 3.63) is 63.7 Å². The number of hydrogen-bond donors (Lipinski definition) is 0. The van der Waals surface area contributed by atoms with E-state index in [2.05, 4.69) is 26.0 Å². The van der Waals surface area contributed by atoms with Crippen LogP contribution < -0.4 is 9.64 Å². The van der Waals surface area contributed by atoms with Crippen LogP contribution in [0.2, 0.25) is 0 Å². The van der Waals surface area contributed by atoms with Crippen molar-refractivity contribution in [3.8, 4) is 5.75 Å². The van der Waals surface area contributed by atoms with E-state index in [1.54, 1.807) is 11.0 Å². The molecule has 1 amide bonds. The zero-order valence-electron chi connectivity index (χ0n) is 15.1. The highest BCUT2D eigenvalue weighted by Crippen LogP contribution is 2.38. The minimum Gasteiger partial charge on any atom is -0.478 e. The minimum atomic E-state index is -0.570. The van der Waals surface area contributed by atoms with Crippen molar-refractivity contribution in [1.82, 2.24) is 0 Å². The Morgan fingerprint density at radius 3 is 2.46 bits per heavy atom. The van der Waals surface area contributed by atoms with Crippen molar-refractivity contribution < 1.29 is 14.5 Å². The average molecular weight is 354 g/mol. The van der Waals surface area contributed by atoms with Crippen molar-refractivity contribution in [2.24, 2.45) is 0 Å². The fraction of sp³-hybridized carbons (Fsp3) is 0.350. The van der Waals surface area contributed by atoms with Gasteiger partial charge in [0.1, 0.15) is 5.75 Å². The molecule has 1 heterocycles. The molecule has 1 atom stereocenters. The number of ether oxygens (including phenoxy) is 1. The number of nitro benzene ring substituents is 1. The molecule has 0 saturated heterocycles. The van der Waals surface area contributed by atoms with Crippen LogP contribution in [0.15, 0.2) is 42.5 Å². The first-order chi connectivity index (χ1) is 12.4. The molecule has 0 fully saturated rings. The molecule has 1 aliphatic rings. The normalized spacial score (nSPS) is 16.4. The number of benzene rings is 2. The van der Waals surface area contributed by atoms with Gasteiger partial charge < -0.3 is 9.64 Å². The van der Waals surface area contributed by atoms with Gasteiger partial charge in [-0.05, 0) is 29.5 Å². The van der Waals surface area contributed by atoms with Crippen LogP contribution in [-0.2, 0) is 11.3 Å². The van der Waals surface area contributed by atoms with Crippen LogP contribution in [0, 0.1) is 10.1 Å². The Bertz CT molecular complexity index is 830. The quantitative estimate of drug-likeness (QED) is 0.588. The maximum absolute atomic E-state index is 12.8. The summed E-state index contributed by atoms with van der Waals surface area (Å²) < 4.78 is 5.73. The molecule has 2 aromatic carbocycles. The third kappa shape index (κ3) is 3.40. The second-order valence-corrected chi connectivity index (χ2v) is 6.74. The van der Waals surface area contributed by atoms with Crippen molar-refractivity contribution in [2.75, 3.05) is 4.90 Å². The summed E-state index contributed by atoms with van der Waals surface area (Å²) >= 11 is 0. The first-order valence-corrected chi connectivity index (χ1v) is 8.76. The molecular weight excluding hydrogens is 332 g/mol. The highest BCUT2D eigenvalue weighted by Gasteiger charge is 2.34. The molecule has 26 heavy (non-hydrogen) atoms. The van der Waals surface area contributed by atoms with E-state index < -0.39 is 11.0 Å². The molecule has 0 aromatic heterocycles. The predicted octanol–water partition coefficient (Wildman–Crippen LogP) is 4.42. The summed E-state index contributed by atoms with van der Waals surface area (Å²) in [4.78, 5) is 25.0. The summed E-state index contributed by atoms with van der Waals surface area (Å²) in [7, 11) is 0. The lowest BCUT2D eigenvalue weighted by atomic mass is 10.0. The summed E-state index contributed by atoms with van der Waals surface area (Å²) in [6.07, 6.45) is -0.0307. The van der Waals surface area contributed by atoms with Gasteiger partial charge in [0.25, 0.3) is 11.6 Å². The van der Waals surface area contributed by atoms with Gasteiger partial charge in [0.2, 0.25) is 0 Å². The molecule has 1 unspecified atom stereocenters. The average Bonchev–Trinajstić information content (AvgIpc) is 2.63. The van der Waals surface area contributed by atoms with Crippen LogP contribution in [0.5, 0.6) is 5.75 Å². The second kappa shape index (κ2) is 7.15. The van der Waals surface area contributed by atoms with Crippen LogP contribution in [0.4, 0.5) is 11.4 Å². The standard InChI is InChI=1S/C20H22N2O4/c1-4-18-20(23)21(12-14-5-7-15(8-6-14)13(2)3)17-11-16(22(24)25)9-10-19(17)26-18/h5-11,13,18H,4,12H2,1-3H3. The fourth-order valence-corrected chi connectivity index (χ4v) is 3.04. The third-order valence-electron chi connectivity index (χ3n) is 4.61. The maximum Gasteiger partial charge on any atom is 0.271 e. The number of carbonyl (C=O) groups excluding carboxylic acids is 1. The zero-order chi connectivity index (χ0) is 18.8. The summed E-state index contributed by atoms with van der Waals surface area (Å²) in [5.41, 5.74) is 2.58. The molecule has 2 aromatic rings. The monoisotopic (exact) mass is 354 g/mol. The Hall–Kier alpha value is -2.89. The number of non-ortho nitro benzene ring substituents is 1. The SMILES string of the molecule is CCC1Oc2ccc([N+](=O)[O-])cc2N(Cc2ccc(C(C)C)cc2)C1=O. The van der Waals surface area contributed by atoms with Gasteiger partial charge in [0.15, 0.2) is 6.10 Å². The van der Waals surface area contributed by atoms with E-state index in [0.29, 0.717) is 30.3 Å². The van der Waals surface area contributed by atoms with Crippen molar-refractivity contribution in [2.45, 2.75) is 45.8 Å². The van der Waals surface area contributed by atoms with Gasteiger partial charge in [0.05, 0.1) is 17.2 Å². The van der Waals surface area contributed by atoms with Gasteiger partial charge in [-0.1, -0.05) is 45.0 Å². The number of amides is 1. The molecule has 6 heteroatoms. The minimum absolute atomic E-state index is 0.0599. The first-order valence-electron chi connectivity index (χ1n) is 8.76. The lowest BCUT2D eigenvalue weighted by Gasteiger charge is -2.34. The molecule has 3 rings (SSSR count). The predicted molar refractivity (Wildman–Crippen MR) is 99.5 cm³/mol. The van der Waals surface area contributed by atoms with Crippen LogP contribution in [0.1, 0.15) is 44.2 Å². The molecule has 6 nitrogen and oxygen atoms in total. The van der Waals surface area contributed by atoms with Gasteiger partial charge in [-0.15, -0.1) is 0 Å². The van der Waals surface area contributed by atoms with Crippen LogP contribution in [0.3, 0.4) is 0 Å². The number of nitro groups is 1. The largest absolute Gasteiger partial charge is 0.478 e. The van der Waals surface area contributed by atoms with E-state index in [4.69, 9.17) is 4.74 Å². The molecule has 0 bridgehead atoms. The zero-order valence-corrected chi connectivity index (χ0v) is 15.1. The van der Waals surface area contributed by atoms with E-state index in [1.807, 2.05) is 19.1 Å². The molecule has 136 valence electrons. The van der Waals surface area contributed by atoms with E-state index >= 15 is 0 Å². The lowest BCUT2D eigenvalue weighted by Crippen LogP contribution is -2.45. The number of fused-ring (bicyclic) bond motifs is 1. The molecule has 0 spiro atoms. The number of rotatable bonds is 5. The van der Waals surface area contributed by atoms with Crippen LogP contribution in [0.25, 0.3) is 0 Å². The Kier molecular flexibility index (Phi) is 4.93. The number of nitrogens with zero attached hydrogens (tertiary/aromatic N) is 2. The highest BCUT2D eigenvalue weighted by atomic mass is 16.6. The third-order valence-corrected chi connectivity index (χ3v) is 4.61. The summed E-state index contributed by atoms with van der Waals surface area (Å²) in [5, 5.41) is 11.1. The van der Waals surface area contributed by atoms with E-state index in [-0.39, 0.29) is 11.6 Å². The van der Waals surface area contributed by atoms with E-state index in [1.165, 1.54) is 17.7 Å². The Morgan fingerprint density at radius 1 is 1.19 bits per heavy atom.